The first kappa shape index (κ1) is 19.3. The van der Waals surface area contributed by atoms with Gasteiger partial charge in [0.1, 0.15) is 0 Å². The minimum Gasteiger partial charge on any atom is -0.381 e. The largest absolute Gasteiger partial charge is 0.416 e. The first-order chi connectivity index (χ1) is 10.8. The third kappa shape index (κ3) is 8.44. The highest BCUT2D eigenvalue weighted by Crippen LogP contribution is 2.29. The number of carbonyl (C=O) groups excluding carboxylic acids is 1. The quantitative estimate of drug-likeness (QED) is 0.715. The number of hydrogen-bond donors (Lipinski definition) is 2. The number of alkyl halides is 3. The van der Waals surface area contributed by atoms with Crippen molar-refractivity contribution >= 4 is 6.03 Å². The van der Waals surface area contributed by atoms with E-state index in [0.29, 0.717) is 37.7 Å². The molecule has 0 unspecified atom stereocenters. The maximum atomic E-state index is 12.6. The van der Waals surface area contributed by atoms with E-state index in [1.807, 2.05) is 0 Å². The number of urea groups is 1. The van der Waals surface area contributed by atoms with Crippen LogP contribution in [0.15, 0.2) is 24.3 Å². The van der Waals surface area contributed by atoms with Gasteiger partial charge < -0.3 is 15.4 Å². The number of ether oxygens (including phenoxy) is 1. The predicted molar refractivity (Wildman–Crippen MR) is 82.0 cm³/mol. The molecule has 0 saturated carbocycles. The summed E-state index contributed by atoms with van der Waals surface area (Å²) in [7, 11) is 0. The van der Waals surface area contributed by atoms with Gasteiger partial charge in [0.25, 0.3) is 0 Å². The molecule has 0 aliphatic rings. The zero-order valence-electron chi connectivity index (χ0n) is 13.4. The highest BCUT2D eigenvalue weighted by molar-refractivity contribution is 5.73. The van der Waals surface area contributed by atoms with Gasteiger partial charge in [0.2, 0.25) is 0 Å². The summed E-state index contributed by atoms with van der Waals surface area (Å²) in [6, 6.07) is 4.48. The molecule has 1 aromatic rings. The van der Waals surface area contributed by atoms with Crippen LogP contribution in [0.4, 0.5) is 18.0 Å². The first-order valence-electron chi connectivity index (χ1n) is 7.54. The standard InChI is InChI=1S/C16H23F3N2O2/c1-12(2)11-23-8-4-7-20-15(22)21-10-13-5-3-6-14(9-13)16(17,18)19/h3,5-6,9,12H,4,7-8,10-11H2,1-2H3,(H2,20,21,22). The molecule has 1 rings (SSSR count). The molecule has 2 amide bonds. The molecule has 0 aliphatic heterocycles. The van der Waals surface area contributed by atoms with Gasteiger partial charge in [-0.1, -0.05) is 26.0 Å². The summed E-state index contributed by atoms with van der Waals surface area (Å²) in [6.07, 6.45) is -3.70. The molecule has 0 atom stereocenters. The van der Waals surface area contributed by atoms with E-state index >= 15 is 0 Å². The maximum absolute atomic E-state index is 12.6. The summed E-state index contributed by atoms with van der Waals surface area (Å²) in [4.78, 5) is 11.6. The Morgan fingerprint density at radius 1 is 1.26 bits per heavy atom. The summed E-state index contributed by atoms with van der Waals surface area (Å²) in [6.45, 7) is 5.85. The lowest BCUT2D eigenvalue weighted by Crippen LogP contribution is -2.36. The van der Waals surface area contributed by atoms with Crippen molar-refractivity contribution in [1.82, 2.24) is 10.6 Å². The number of halogens is 3. The molecule has 2 N–H and O–H groups in total. The lowest BCUT2D eigenvalue weighted by atomic mass is 10.1. The number of rotatable bonds is 8. The number of hydrogen-bond acceptors (Lipinski definition) is 2. The molecular formula is C16H23F3N2O2. The maximum Gasteiger partial charge on any atom is 0.416 e. The fourth-order valence-corrected chi connectivity index (χ4v) is 1.80. The third-order valence-corrected chi connectivity index (χ3v) is 2.91. The van der Waals surface area contributed by atoms with Crippen LogP contribution in [0.25, 0.3) is 0 Å². The first-order valence-corrected chi connectivity index (χ1v) is 7.54. The predicted octanol–water partition coefficient (Wildman–Crippen LogP) is 3.57. The van der Waals surface area contributed by atoms with Crippen molar-refractivity contribution in [3.8, 4) is 0 Å². The molecule has 0 aromatic heterocycles. The smallest absolute Gasteiger partial charge is 0.381 e. The SMILES string of the molecule is CC(C)COCCCNC(=O)NCc1cccc(C(F)(F)F)c1. The van der Waals surface area contributed by atoms with Crippen molar-refractivity contribution in [1.29, 1.82) is 0 Å². The van der Waals surface area contributed by atoms with Crippen LogP contribution in [0, 0.1) is 5.92 Å². The summed E-state index contributed by atoms with van der Waals surface area (Å²) in [5.41, 5.74) is -0.324. The molecule has 0 aliphatic carbocycles. The van der Waals surface area contributed by atoms with Crippen LogP contribution < -0.4 is 10.6 Å². The van der Waals surface area contributed by atoms with Crippen LogP contribution in [-0.2, 0) is 17.5 Å². The van der Waals surface area contributed by atoms with Crippen LogP contribution in [0.2, 0.25) is 0 Å². The molecule has 0 spiro atoms. The molecule has 0 heterocycles. The topological polar surface area (TPSA) is 50.4 Å². The van der Waals surface area contributed by atoms with E-state index in [4.69, 9.17) is 4.74 Å². The Balaban J connectivity index is 2.23. The molecule has 1 aromatic carbocycles. The molecule has 4 nitrogen and oxygen atoms in total. The van der Waals surface area contributed by atoms with Crippen molar-refractivity contribution in [2.24, 2.45) is 5.92 Å². The van der Waals surface area contributed by atoms with Gasteiger partial charge in [0, 0.05) is 26.3 Å². The summed E-state index contributed by atoms with van der Waals surface area (Å²) >= 11 is 0. The second kappa shape index (κ2) is 9.39. The minimum atomic E-state index is -4.38. The van der Waals surface area contributed by atoms with Crippen LogP contribution >= 0.6 is 0 Å². The summed E-state index contributed by atoms with van der Waals surface area (Å²) < 4.78 is 43.1. The Morgan fingerprint density at radius 2 is 2.00 bits per heavy atom. The third-order valence-electron chi connectivity index (χ3n) is 2.91. The van der Waals surface area contributed by atoms with Gasteiger partial charge in [-0.2, -0.15) is 13.2 Å². The lowest BCUT2D eigenvalue weighted by Gasteiger charge is -2.11. The lowest BCUT2D eigenvalue weighted by molar-refractivity contribution is -0.137. The molecule has 7 heteroatoms. The van der Waals surface area contributed by atoms with Gasteiger partial charge in [0.15, 0.2) is 0 Å². The van der Waals surface area contributed by atoms with Crippen molar-refractivity contribution in [2.45, 2.75) is 33.0 Å². The Hall–Kier alpha value is -1.76. The number of benzene rings is 1. The number of nitrogens with one attached hydrogen (secondary N) is 2. The molecule has 0 fully saturated rings. The Kier molecular flexibility index (Phi) is 7.88. The van der Waals surface area contributed by atoms with E-state index in [0.717, 1.165) is 12.1 Å². The van der Waals surface area contributed by atoms with E-state index in [2.05, 4.69) is 24.5 Å². The van der Waals surface area contributed by atoms with Crippen LogP contribution in [0.5, 0.6) is 0 Å². The average molecular weight is 332 g/mol. The second-order valence-corrected chi connectivity index (χ2v) is 5.63. The molecule has 23 heavy (non-hydrogen) atoms. The average Bonchev–Trinajstić information content (AvgIpc) is 2.48. The molecule has 0 bridgehead atoms. The molecule has 0 saturated heterocycles. The van der Waals surface area contributed by atoms with E-state index < -0.39 is 17.8 Å². The van der Waals surface area contributed by atoms with E-state index in [-0.39, 0.29) is 6.54 Å². The van der Waals surface area contributed by atoms with E-state index in [1.165, 1.54) is 12.1 Å². The molecule has 0 radical (unpaired) electrons. The Labute approximate surface area is 134 Å². The Bertz CT molecular complexity index is 490. The van der Waals surface area contributed by atoms with E-state index in [1.54, 1.807) is 0 Å². The second-order valence-electron chi connectivity index (χ2n) is 5.63. The molecular weight excluding hydrogens is 309 g/mol. The zero-order chi connectivity index (χ0) is 17.3. The van der Waals surface area contributed by atoms with Gasteiger partial charge in [-0.05, 0) is 30.0 Å². The minimum absolute atomic E-state index is 0.0413. The zero-order valence-corrected chi connectivity index (χ0v) is 13.4. The monoisotopic (exact) mass is 332 g/mol. The highest BCUT2D eigenvalue weighted by Gasteiger charge is 2.30. The Morgan fingerprint density at radius 3 is 2.65 bits per heavy atom. The highest BCUT2D eigenvalue weighted by atomic mass is 19.4. The van der Waals surface area contributed by atoms with E-state index in [9.17, 15) is 18.0 Å². The fourth-order valence-electron chi connectivity index (χ4n) is 1.80. The summed E-state index contributed by atoms with van der Waals surface area (Å²) in [5.74, 6) is 0.471. The van der Waals surface area contributed by atoms with Gasteiger partial charge in [-0.25, -0.2) is 4.79 Å². The van der Waals surface area contributed by atoms with Crippen molar-refractivity contribution < 1.29 is 22.7 Å². The van der Waals surface area contributed by atoms with Gasteiger partial charge >= 0.3 is 12.2 Å². The molecule has 130 valence electrons. The van der Waals surface area contributed by atoms with Crippen LogP contribution in [0.3, 0.4) is 0 Å². The van der Waals surface area contributed by atoms with Crippen molar-refractivity contribution in [2.75, 3.05) is 19.8 Å². The van der Waals surface area contributed by atoms with Gasteiger partial charge in [-0.15, -0.1) is 0 Å². The number of carbonyl (C=O) groups is 1. The van der Waals surface area contributed by atoms with Crippen molar-refractivity contribution in [3.05, 3.63) is 35.4 Å². The van der Waals surface area contributed by atoms with Crippen LogP contribution in [-0.4, -0.2) is 25.8 Å². The van der Waals surface area contributed by atoms with Crippen molar-refractivity contribution in [3.63, 3.8) is 0 Å². The fraction of sp³-hybridized carbons (Fsp3) is 0.562. The van der Waals surface area contributed by atoms with Crippen LogP contribution in [0.1, 0.15) is 31.4 Å². The summed E-state index contributed by atoms with van der Waals surface area (Å²) in [5, 5.41) is 5.16. The normalized spacial score (nSPS) is 11.6. The number of amides is 2. The van der Waals surface area contributed by atoms with Gasteiger partial charge in [-0.3, -0.25) is 0 Å². The van der Waals surface area contributed by atoms with Gasteiger partial charge in [0.05, 0.1) is 5.56 Å².